The first kappa shape index (κ1) is 15.7. The molecule has 0 amide bonds. The summed E-state index contributed by atoms with van der Waals surface area (Å²) in [6, 6.07) is 0. The average Bonchev–Trinajstić information content (AvgIpc) is 2.89. The van der Waals surface area contributed by atoms with Crippen molar-refractivity contribution in [3.8, 4) is 10.6 Å². The molecule has 0 aliphatic heterocycles. The number of anilines is 1. The van der Waals surface area contributed by atoms with Gasteiger partial charge in [0.25, 0.3) is 0 Å². The highest BCUT2D eigenvalue weighted by atomic mass is 32.1. The summed E-state index contributed by atoms with van der Waals surface area (Å²) in [5.74, 6) is 0.498. The lowest BCUT2D eigenvalue weighted by Gasteiger charge is -2.11. The predicted molar refractivity (Wildman–Crippen MR) is 76.4 cm³/mol. The molecule has 0 atom stereocenters. The maximum atomic E-state index is 12.7. The van der Waals surface area contributed by atoms with Crippen molar-refractivity contribution < 1.29 is 13.2 Å². The van der Waals surface area contributed by atoms with Crippen LogP contribution in [0.1, 0.15) is 29.7 Å². The van der Waals surface area contributed by atoms with Crippen molar-refractivity contribution in [2.75, 3.05) is 11.9 Å². The summed E-state index contributed by atoms with van der Waals surface area (Å²) < 4.78 is 38.0. The Labute approximate surface area is 124 Å². The van der Waals surface area contributed by atoms with Gasteiger partial charge in [-0.25, -0.2) is 15.0 Å². The molecule has 114 valence electrons. The monoisotopic (exact) mass is 316 g/mol. The lowest BCUT2D eigenvalue weighted by Crippen LogP contribution is -2.07. The van der Waals surface area contributed by atoms with Crippen LogP contribution in [0, 0.1) is 13.8 Å². The van der Waals surface area contributed by atoms with Crippen LogP contribution in [-0.4, -0.2) is 21.5 Å². The van der Waals surface area contributed by atoms with E-state index in [0.717, 1.165) is 12.1 Å². The van der Waals surface area contributed by atoms with Crippen molar-refractivity contribution in [3.63, 3.8) is 0 Å². The fourth-order valence-electron chi connectivity index (χ4n) is 1.66. The Balaban J connectivity index is 2.46. The van der Waals surface area contributed by atoms with Crippen LogP contribution in [0.5, 0.6) is 0 Å². The summed E-state index contributed by atoms with van der Waals surface area (Å²) in [4.78, 5) is 12.5. The topological polar surface area (TPSA) is 50.7 Å². The van der Waals surface area contributed by atoms with Crippen LogP contribution in [0.2, 0.25) is 0 Å². The van der Waals surface area contributed by atoms with Crippen molar-refractivity contribution in [3.05, 3.63) is 22.6 Å². The summed E-state index contributed by atoms with van der Waals surface area (Å²) in [5, 5.41) is 2.23. The number of aromatic nitrogens is 3. The van der Waals surface area contributed by atoms with Gasteiger partial charge in [0.05, 0.1) is 16.3 Å². The Bertz CT molecular complexity index is 637. The second kappa shape index (κ2) is 5.97. The molecule has 21 heavy (non-hydrogen) atoms. The predicted octanol–water partition coefficient (Wildman–Crippen LogP) is 4.06. The number of alkyl halides is 3. The fourth-order valence-corrected chi connectivity index (χ4v) is 2.43. The van der Waals surface area contributed by atoms with E-state index in [2.05, 4.69) is 20.3 Å². The quantitative estimate of drug-likeness (QED) is 0.924. The summed E-state index contributed by atoms with van der Waals surface area (Å²) >= 11 is 0.576. The third-order valence-electron chi connectivity index (χ3n) is 2.83. The molecule has 0 aliphatic rings. The Morgan fingerprint density at radius 2 is 1.86 bits per heavy atom. The Kier molecular flexibility index (Phi) is 4.46. The number of hydrogen-bond acceptors (Lipinski definition) is 5. The molecule has 0 unspecified atom stereocenters. The van der Waals surface area contributed by atoms with Crippen molar-refractivity contribution in [1.82, 2.24) is 15.0 Å². The molecule has 1 N–H and O–H groups in total. The second-order valence-electron chi connectivity index (χ2n) is 4.55. The minimum absolute atomic E-state index is 0.358. The SMILES string of the molecule is CCCNc1nc(C)c(C)nc1-c1cnc(C(F)(F)F)s1. The molecule has 4 nitrogen and oxygen atoms in total. The zero-order chi connectivity index (χ0) is 15.6. The van der Waals surface area contributed by atoms with Crippen LogP contribution in [0.15, 0.2) is 6.20 Å². The molecule has 8 heteroatoms. The molecule has 0 aliphatic carbocycles. The molecular weight excluding hydrogens is 301 g/mol. The van der Waals surface area contributed by atoms with Crippen LogP contribution in [0.4, 0.5) is 19.0 Å². The smallest absolute Gasteiger partial charge is 0.368 e. The molecule has 2 heterocycles. The fraction of sp³-hybridized carbons (Fsp3) is 0.462. The van der Waals surface area contributed by atoms with Gasteiger partial charge in [-0.05, 0) is 20.3 Å². The first-order valence-corrected chi connectivity index (χ1v) is 7.27. The van der Waals surface area contributed by atoms with Crippen LogP contribution < -0.4 is 5.32 Å². The molecule has 2 aromatic heterocycles. The number of hydrogen-bond donors (Lipinski definition) is 1. The van der Waals surface area contributed by atoms with Crippen molar-refractivity contribution in [2.45, 2.75) is 33.4 Å². The molecule has 0 bridgehead atoms. The maximum Gasteiger partial charge on any atom is 0.443 e. The highest BCUT2D eigenvalue weighted by Crippen LogP contribution is 2.37. The molecule has 0 aromatic carbocycles. The van der Waals surface area contributed by atoms with Crippen LogP contribution in [0.3, 0.4) is 0 Å². The first-order chi connectivity index (χ1) is 9.82. The normalized spacial score (nSPS) is 11.7. The van der Waals surface area contributed by atoms with Crippen molar-refractivity contribution >= 4 is 17.2 Å². The van der Waals surface area contributed by atoms with E-state index in [1.165, 1.54) is 6.20 Å². The molecule has 0 fully saturated rings. The van der Waals surface area contributed by atoms with Crippen LogP contribution in [0.25, 0.3) is 10.6 Å². The van der Waals surface area contributed by atoms with Crippen LogP contribution in [-0.2, 0) is 6.18 Å². The number of halogens is 3. The highest BCUT2D eigenvalue weighted by molar-refractivity contribution is 7.15. The number of aryl methyl sites for hydroxylation is 2. The minimum atomic E-state index is -4.44. The lowest BCUT2D eigenvalue weighted by atomic mass is 10.3. The number of nitrogens with zero attached hydrogens (tertiary/aromatic N) is 3. The Morgan fingerprint density at radius 3 is 2.43 bits per heavy atom. The third-order valence-corrected chi connectivity index (χ3v) is 3.88. The Morgan fingerprint density at radius 1 is 1.19 bits per heavy atom. The van der Waals surface area contributed by atoms with E-state index in [0.29, 0.717) is 40.0 Å². The Hall–Kier alpha value is -1.70. The molecule has 0 saturated heterocycles. The number of nitrogens with one attached hydrogen (secondary N) is 1. The van der Waals surface area contributed by atoms with E-state index < -0.39 is 11.2 Å². The number of rotatable bonds is 4. The van der Waals surface area contributed by atoms with Gasteiger partial charge in [-0.1, -0.05) is 6.92 Å². The van der Waals surface area contributed by atoms with Crippen molar-refractivity contribution in [1.29, 1.82) is 0 Å². The largest absolute Gasteiger partial charge is 0.443 e. The molecule has 2 rings (SSSR count). The zero-order valence-electron chi connectivity index (χ0n) is 11.9. The summed E-state index contributed by atoms with van der Waals surface area (Å²) in [7, 11) is 0. The molecule has 0 radical (unpaired) electrons. The van der Waals surface area contributed by atoms with E-state index in [9.17, 15) is 13.2 Å². The van der Waals surface area contributed by atoms with Gasteiger partial charge in [-0.3, -0.25) is 0 Å². The first-order valence-electron chi connectivity index (χ1n) is 6.45. The van der Waals surface area contributed by atoms with E-state index >= 15 is 0 Å². The minimum Gasteiger partial charge on any atom is -0.368 e. The van der Waals surface area contributed by atoms with Gasteiger partial charge in [0.15, 0.2) is 10.8 Å². The maximum absolute atomic E-state index is 12.7. The van der Waals surface area contributed by atoms with E-state index in [1.54, 1.807) is 6.92 Å². The summed E-state index contributed by atoms with van der Waals surface area (Å²) in [6.07, 6.45) is -2.36. The van der Waals surface area contributed by atoms with E-state index in [-0.39, 0.29) is 0 Å². The van der Waals surface area contributed by atoms with Gasteiger partial charge in [0.1, 0.15) is 5.69 Å². The van der Waals surface area contributed by atoms with Gasteiger partial charge in [0.2, 0.25) is 0 Å². The summed E-state index contributed by atoms with van der Waals surface area (Å²) in [6.45, 7) is 6.27. The molecule has 0 saturated carbocycles. The third kappa shape index (κ3) is 3.49. The van der Waals surface area contributed by atoms with Gasteiger partial charge < -0.3 is 5.32 Å². The second-order valence-corrected chi connectivity index (χ2v) is 5.58. The number of thiazole rings is 1. The average molecular weight is 316 g/mol. The lowest BCUT2D eigenvalue weighted by molar-refractivity contribution is -0.137. The molecule has 2 aromatic rings. The van der Waals surface area contributed by atoms with E-state index in [1.807, 2.05) is 13.8 Å². The van der Waals surface area contributed by atoms with Crippen molar-refractivity contribution in [2.24, 2.45) is 0 Å². The highest BCUT2D eigenvalue weighted by Gasteiger charge is 2.35. The van der Waals surface area contributed by atoms with Gasteiger partial charge in [-0.2, -0.15) is 13.2 Å². The summed E-state index contributed by atoms with van der Waals surface area (Å²) in [5.41, 5.74) is 1.85. The van der Waals surface area contributed by atoms with Gasteiger partial charge >= 0.3 is 6.18 Å². The van der Waals surface area contributed by atoms with E-state index in [4.69, 9.17) is 0 Å². The molecular formula is C13H15F3N4S. The molecule has 0 spiro atoms. The standard InChI is InChI=1S/C13H15F3N4S/c1-4-5-17-11-10(19-7(2)8(3)20-11)9-6-18-12(21-9)13(14,15)16/h6H,4-5H2,1-3H3,(H,17,20). The van der Waals surface area contributed by atoms with Crippen LogP contribution >= 0.6 is 11.3 Å². The van der Waals surface area contributed by atoms with Gasteiger partial charge in [0, 0.05) is 12.7 Å². The van der Waals surface area contributed by atoms with Gasteiger partial charge in [-0.15, -0.1) is 11.3 Å². The zero-order valence-corrected chi connectivity index (χ0v) is 12.7.